The number of hydrogen-bond acceptors (Lipinski definition) is 4. The van der Waals surface area contributed by atoms with Crippen molar-refractivity contribution in [2.75, 3.05) is 13.2 Å². The minimum absolute atomic E-state index is 0.100. The first-order valence-electron chi connectivity index (χ1n) is 7.88. The summed E-state index contributed by atoms with van der Waals surface area (Å²) in [5, 5.41) is 7.13. The molecule has 0 unspecified atom stereocenters. The van der Waals surface area contributed by atoms with Gasteiger partial charge in [0.25, 0.3) is 0 Å². The molecule has 1 aromatic carbocycles. The zero-order valence-electron chi connectivity index (χ0n) is 14.1. The summed E-state index contributed by atoms with van der Waals surface area (Å²) in [5.74, 6) is 1.31. The molecule has 1 N–H and O–H groups in total. The highest BCUT2D eigenvalue weighted by Crippen LogP contribution is 2.28. The van der Waals surface area contributed by atoms with E-state index in [0.717, 1.165) is 15.7 Å². The number of amides is 1. The van der Waals surface area contributed by atoms with Crippen molar-refractivity contribution in [2.24, 2.45) is 0 Å². The van der Waals surface area contributed by atoms with Crippen LogP contribution >= 0.6 is 15.9 Å². The Morgan fingerprint density at radius 1 is 1.25 bits per heavy atom. The SMILES string of the molecule is CCOc1ccc(CNC(=O)Cn2cc(Br)c(C)n2)cc1OCC. The molecule has 0 saturated carbocycles. The molecule has 0 fully saturated rings. The lowest BCUT2D eigenvalue weighted by molar-refractivity contribution is -0.122. The van der Waals surface area contributed by atoms with Crippen LogP contribution in [0.15, 0.2) is 28.9 Å². The lowest BCUT2D eigenvalue weighted by Gasteiger charge is -2.13. The summed E-state index contributed by atoms with van der Waals surface area (Å²) in [6.45, 7) is 7.48. The Hall–Kier alpha value is -2.02. The molecule has 1 aromatic heterocycles. The van der Waals surface area contributed by atoms with Crippen LogP contribution in [0.1, 0.15) is 25.1 Å². The van der Waals surface area contributed by atoms with Crippen LogP contribution < -0.4 is 14.8 Å². The van der Waals surface area contributed by atoms with Gasteiger partial charge in [-0.05, 0) is 54.4 Å². The topological polar surface area (TPSA) is 65.4 Å². The standard InChI is InChI=1S/C17H22BrN3O3/c1-4-23-15-7-6-13(8-16(15)24-5-2)9-19-17(22)11-21-10-14(18)12(3)20-21/h6-8,10H,4-5,9,11H2,1-3H3,(H,19,22). The Morgan fingerprint density at radius 3 is 2.58 bits per heavy atom. The van der Waals surface area contributed by atoms with Crippen LogP contribution in [0.5, 0.6) is 11.5 Å². The number of benzene rings is 1. The van der Waals surface area contributed by atoms with E-state index < -0.39 is 0 Å². The maximum atomic E-state index is 12.0. The highest BCUT2D eigenvalue weighted by atomic mass is 79.9. The second-order valence-corrected chi connectivity index (χ2v) is 6.04. The van der Waals surface area contributed by atoms with Gasteiger partial charge in [0.05, 0.1) is 23.4 Å². The van der Waals surface area contributed by atoms with Crippen LogP contribution in [0.4, 0.5) is 0 Å². The fraction of sp³-hybridized carbons (Fsp3) is 0.412. The predicted molar refractivity (Wildman–Crippen MR) is 95.3 cm³/mol. The first-order valence-corrected chi connectivity index (χ1v) is 8.67. The first-order chi connectivity index (χ1) is 11.5. The zero-order chi connectivity index (χ0) is 17.5. The van der Waals surface area contributed by atoms with Gasteiger partial charge in [0.1, 0.15) is 6.54 Å². The normalized spacial score (nSPS) is 10.5. The van der Waals surface area contributed by atoms with E-state index in [2.05, 4.69) is 26.3 Å². The number of ether oxygens (including phenoxy) is 2. The second-order valence-electron chi connectivity index (χ2n) is 5.18. The van der Waals surface area contributed by atoms with Crippen molar-refractivity contribution >= 4 is 21.8 Å². The molecule has 0 spiro atoms. The molecule has 0 aliphatic heterocycles. The van der Waals surface area contributed by atoms with Gasteiger partial charge in [-0.15, -0.1) is 0 Å². The Bertz CT molecular complexity index is 681. The molecule has 1 amide bonds. The number of carbonyl (C=O) groups excluding carboxylic acids is 1. The van der Waals surface area contributed by atoms with Crippen molar-refractivity contribution in [2.45, 2.75) is 33.9 Å². The van der Waals surface area contributed by atoms with E-state index >= 15 is 0 Å². The van der Waals surface area contributed by atoms with E-state index in [1.54, 1.807) is 10.9 Å². The third-order valence-electron chi connectivity index (χ3n) is 3.29. The number of hydrogen-bond donors (Lipinski definition) is 1. The monoisotopic (exact) mass is 395 g/mol. The Labute approximate surface area is 150 Å². The average molecular weight is 396 g/mol. The highest BCUT2D eigenvalue weighted by molar-refractivity contribution is 9.10. The number of rotatable bonds is 8. The summed E-state index contributed by atoms with van der Waals surface area (Å²) in [5.41, 5.74) is 1.81. The lowest BCUT2D eigenvalue weighted by Crippen LogP contribution is -2.27. The third-order valence-corrected chi connectivity index (χ3v) is 4.07. The molecule has 0 bridgehead atoms. The molecular formula is C17H22BrN3O3. The molecule has 0 atom stereocenters. The number of aromatic nitrogens is 2. The van der Waals surface area contributed by atoms with Gasteiger partial charge in [-0.2, -0.15) is 5.10 Å². The van der Waals surface area contributed by atoms with Gasteiger partial charge < -0.3 is 14.8 Å². The molecule has 2 rings (SSSR count). The Kier molecular flexibility index (Phi) is 6.66. The van der Waals surface area contributed by atoms with Crippen molar-refractivity contribution in [3.63, 3.8) is 0 Å². The quantitative estimate of drug-likeness (QED) is 0.745. The summed E-state index contributed by atoms with van der Waals surface area (Å²) in [6.07, 6.45) is 1.79. The van der Waals surface area contributed by atoms with Gasteiger partial charge in [-0.1, -0.05) is 6.07 Å². The van der Waals surface area contributed by atoms with Crippen molar-refractivity contribution in [1.82, 2.24) is 15.1 Å². The largest absolute Gasteiger partial charge is 0.490 e. The molecule has 0 saturated heterocycles. The molecule has 7 heteroatoms. The molecule has 6 nitrogen and oxygen atoms in total. The molecule has 130 valence electrons. The zero-order valence-corrected chi connectivity index (χ0v) is 15.7. The third kappa shape index (κ3) is 4.99. The van der Waals surface area contributed by atoms with E-state index in [1.165, 1.54) is 0 Å². The van der Waals surface area contributed by atoms with Crippen LogP contribution in [-0.2, 0) is 17.9 Å². The summed E-state index contributed by atoms with van der Waals surface area (Å²) < 4.78 is 13.6. The van der Waals surface area contributed by atoms with Crippen LogP contribution in [0.2, 0.25) is 0 Å². The van der Waals surface area contributed by atoms with E-state index in [9.17, 15) is 4.79 Å². The predicted octanol–water partition coefficient (Wildman–Crippen LogP) is 3.07. The molecule has 0 aliphatic carbocycles. The van der Waals surface area contributed by atoms with Crippen molar-refractivity contribution in [3.05, 3.63) is 40.1 Å². The van der Waals surface area contributed by atoms with E-state index in [-0.39, 0.29) is 12.5 Å². The van der Waals surface area contributed by atoms with E-state index in [4.69, 9.17) is 9.47 Å². The van der Waals surface area contributed by atoms with Gasteiger partial charge in [-0.25, -0.2) is 0 Å². The molecule has 0 radical (unpaired) electrons. The van der Waals surface area contributed by atoms with Crippen LogP contribution in [0, 0.1) is 6.92 Å². The fourth-order valence-electron chi connectivity index (χ4n) is 2.18. The van der Waals surface area contributed by atoms with Crippen LogP contribution in [-0.4, -0.2) is 28.9 Å². The summed E-state index contributed by atoms with van der Waals surface area (Å²) >= 11 is 3.38. The molecule has 2 aromatic rings. The van der Waals surface area contributed by atoms with Crippen molar-refractivity contribution in [1.29, 1.82) is 0 Å². The van der Waals surface area contributed by atoms with E-state index in [1.807, 2.05) is 39.0 Å². The minimum Gasteiger partial charge on any atom is -0.490 e. The van der Waals surface area contributed by atoms with Crippen molar-refractivity contribution < 1.29 is 14.3 Å². The van der Waals surface area contributed by atoms with Crippen LogP contribution in [0.25, 0.3) is 0 Å². The molecule has 0 aliphatic rings. The van der Waals surface area contributed by atoms with Gasteiger partial charge in [0.2, 0.25) is 5.91 Å². The summed E-state index contributed by atoms with van der Waals surface area (Å²) in [7, 11) is 0. The number of nitrogens with one attached hydrogen (secondary N) is 1. The minimum atomic E-state index is -0.100. The van der Waals surface area contributed by atoms with Gasteiger partial charge in [0, 0.05) is 12.7 Å². The second kappa shape index (κ2) is 8.73. The van der Waals surface area contributed by atoms with Crippen LogP contribution in [0.3, 0.4) is 0 Å². The Balaban J connectivity index is 1.95. The Morgan fingerprint density at radius 2 is 1.96 bits per heavy atom. The number of nitrogens with zero attached hydrogens (tertiary/aromatic N) is 2. The number of aryl methyl sites for hydroxylation is 1. The average Bonchev–Trinajstić information content (AvgIpc) is 2.85. The molecule has 24 heavy (non-hydrogen) atoms. The number of carbonyl (C=O) groups is 1. The van der Waals surface area contributed by atoms with Gasteiger partial charge in [0.15, 0.2) is 11.5 Å². The van der Waals surface area contributed by atoms with Crippen molar-refractivity contribution in [3.8, 4) is 11.5 Å². The maximum Gasteiger partial charge on any atom is 0.241 e. The highest BCUT2D eigenvalue weighted by Gasteiger charge is 2.09. The molecular weight excluding hydrogens is 374 g/mol. The van der Waals surface area contributed by atoms with Gasteiger partial charge >= 0.3 is 0 Å². The molecule has 1 heterocycles. The smallest absolute Gasteiger partial charge is 0.241 e. The first kappa shape index (κ1) is 18.3. The number of halogens is 1. The fourth-order valence-corrected chi connectivity index (χ4v) is 2.50. The van der Waals surface area contributed by atoms with Gasteiger partial charge in [-0.3, -0.25) is 9.48 Å². The maximum absolute atomic E-state index is 12.0. The summed E-state index contributed by atoms with van der Waals surface area (Å²) in [4.78, 5) is 12.0. The lowest BCUT2D eigenvalue weighted by atomic mass is 10.2. The summed E-state index contributed by atoms with van der Waals surface area (Å²) in [6, 6.07) is 5.68. The van der Waals surface area contributed by atoms with E-state index in [0.29, 0.717) is 31.3 Å².